The molecule has 0 radical (unpaired) electrons. The monoisotopic (exact) mass is 291 g/mol. The average Bonchev–Trinajstić information content (AvgIpc) is 2.73. The maximum atomic E-state index is 11.8. The highest BCUT2D eigenvalue weighted by atomic mass is 79.9. The molecule has 2 N–H and O–H groups in total. The van der Waals surface area contributed by atoms with Crippen molar-refractivity contribution in [3.63, 3.8) is 0 Å². The Labute approximate surface area is 107 Å². The second-order valence-corrected chi connectivity index (χ2v) is 4.24. The van der Waals surface area contributed by atoms with E-state index in [4.69, 9.17) is 10.2 Å². The maximum absolute atomic E-state index is 11.8. The van der Waals surface area contributed by atoms with E-state index in [1.54, 1.807) is 42.5 Å². The van der Waals surface area contributed by atoms with E-state index in [1.807, 2.05) is 0 Å². The van der Waals surface area contributed by atoms with Crippen LogP contribution in [0.3, 0.4) is 0 Å². The van der Waals surface area contributed by atoms with Crippen LogP contribution in [0.5, 0.6) is 0 Å². The van der Waals surface area contributed by atoms with Crippen LogP contribution in [-0.2, 0) is 0 Å². The summed E-state index contributed by atoms with van der Waals surface area (Å²) in [5, 5.41) is 0. The molecule has 0 saturated heterocycles. The van der Waals surface area contributed by atoms with Gasteiger partial charge >= 0.3 is 0 Å². The number of ketones is 1. The van der Waals surface area contributed by atoms with E-state index in [9.17, 15) is 4.79 Å². The van der Waals surface area contributed by atoms with Crippen molar-refractivity contribution in [1.82, 2.24) is 0 Å². The fourth-order valence-electron chi connectivity index (χ4n) is 1.32. The van der Waals surface area contributed by atoms with Crippen molar-refractivity contribution in [2.24, 2.45) is 0 Å². The molecule has 0 saturated carbocycles. The third-order valence-corrected chi connectivity index (χ3v) is 2.61. The number of nitrogen functional groups attached to an aromatic ring is 1. The number of furan rings is 1. The second kappa shape index (κ2) is 5.01. The van der Waals surface area contributed by atoms with Crippen LogP contribution in [0, 0.1) is 0 Å². The summed E-state index contributed by atoms with van der Waals surface area (Å²) < 4.78 is 5.88. The van der Waals surface area contributed by atoms with Crippen molar-refractivity contribution in [3.8, 4) is 0 Å². The van der Waals surface area contributed by atoms with Gasteiger partial charge in [0, 0.05) is 11.3 Å². The van der Waals surface area contributed by atoms with Gasteiger partial charge in [-0.3, -0.25) is 4.79 Å². The SMILES string of the molecule is Nc1ccc(C(=O)C=Cc2ccc(Br)o2)cc1. The molecular formula is C13H10BrNO2. The number of allylic oxidation sites excluding steroid dienone is 1. The van der Waals surface area contributed by atoms with Crippen molar-refractivity contribution in [3.05, 3.63) is 58.5 Å². The largest absolute Gasteiger partial charge is 0.450 e. The van der Waals surface area contributed by atoms with Gasteiger partial charge in [-0.05, 0) is 64.5 Å². The van der Waals surface area contributed by atoms with Crippen molar-refractivity contribution in [2.75, 3.05) is 5.73 Å². The van der Waals surface area contributed by atoms with Gasteiger partial charge in [0.05, 0.1) is 0 Å². The molecule has 86 valence electrons. The van der Waals surface area contributed by atoms with Crippen molar-refractivity contribution < 1.29 is 9.21 Å². The average molecular weight is 292 g/mol. The molecule has 17 heavy (non-hydrogen) atoms. The van der Waals surface area contributed by atoms with Crippen LogP contribution in [0.4, 0.5) is 5.69 Å². The fourth-order valence-corrected chi connectivity index (χ4v) is 1.64. The molecule has 1 heterocycles. The van der Waals surface area contributed by atoms with E-state index < -0.39 is 0 Å². The molecule has 0 unspecified atom stereocenters. The van der Waals surface area contributed by atoms with Gasteiger partial charge in [0.15, 0.2) is 10.5 Å². The standard InChI is InChI=1S/C13H10BrNO2/c14-13-8-6-11(17-13)5-7-12(16)9-1-3-10(15)4-2-9/h1-8H,15H2. The number of nitrogens with two attached hydrogens (primary N) is 1. The number of rotatable bonds is 3. The Bertz CT molecular complexity index is 555. The lowest BCUT2D eigenvalue weighted by Gasteiger charge is -1.96. The van der Waals surface area contributed by atoms with Crippen LogP contribution < -0.4 is 5.73 Å². The Morgan fingerprint density at radius 2 is 1.88 bits per heavy atom. The predicted molar refractivity (Wildman–Crippen MR) is 70.6 cm³/mol. The lowest BCUT2D eigenvalue weighted by atomic mass is 10.1. The molecule has 3 nitrogen and oxygen atoms in total. The molecule has 2 rings (SSSR count). The number of halogens is 1. The van der Waals surface area contributed by atoms with Gasteiger partial charge < -0.3 is 10.2 Å². The highest BCUT2D eigenvalue weighted by molar-refractivity contribution is 9.10. The Balaban J connectivity index is 2.11. The summed E-state index contributed by atoms with van der Waals surface area (Å²) in [7, 11) is 0. The highest BCUT2D eigenvalue weighted by Gasteiger charge is 2.01. The van der Waals surface area contributed by atoms with Gasteiger partial charge in [-0.15, -0.1) is 0 Å². The molecule has 0 amide bonds. The summed E-state index contributed by atoms with van der Waals surface area (Å²) in [6.07, 6.45) is 3.10. The molecular weight excluding hydrogens is 282 g/mol. The smallest absolute Gasteiger partial charge is 0.185 e. The van der Waals surface area contributed by atoms with Gasteiger partial charge in [0.1, 0.15) is 5.76 Å². The van der Waals surface area contributed by atoms with Gasteiger partial charge in [0.25, 0.3) is 0 Å². The number of benzene rings is 1. The Hall–Kier alpha value is -1.81. The zero-order valence-corrected chi connectivity index (χ0v) is 10.5. The molecule has 0 aliphatic carbocycles. The number of carbonyl (C=O) groups is 1. The van der Waals surface area contributed by atoms with Crippen LogP contribution in [0.15, 0.2) is 51.6 Å². The topological polar surface area (TPSA) is 56.2 Å². The van der Waals surface area contributed by atoms with E-state index in [1.165, 1.54) is 6.08 Å². The maximum Gasteiger partial charge on any atom is 0.185 e. The normalized spacial score (nSPS) is 10.9. The molecule has 0 fully saturated rings. The molecule has 0 spiro atoms. The van der Waals surface area contributed by atoms with Crippen molar-refractivity contribution >= 4 is 33.5 Å². The minimum Gasteiger partial charge on any atom is -0.450 e. The van der Waals surface area contributed by atoms with E-state index >= 15 is 0 Å². The summed E-state index contributed by atoms with van der Waals surface area (Å²) in [6.45, 7) is 0. The number of hydrogen-bond acceptors (Lipinski definition) is 3. The van der Waals surface area contributed by atoms with Crippen LogP contribution in [0.1, 0.15) is 16.1 Å². The third-order valence-electron chi connectivity index (χ3n) is 2.19. The minimum absolute atomic E-state index is 0.0856. The number of carbonyl (C=O) groups excluding carboxylic acids is 1. The first-order valence-electron chi connectivity index (χ1n) is 4.98. The molecule has 2 aromatic rings. The van der Waals surface area contributed by atoms with Crippen LogP contribution in [-0.4, -0.2) is 5.78 Å². The summed E-state index contributed by atoms with van der Waals surface area (Å²) >= 11 is 3.19. The second-order valence-electron chi connectivity index (χ2n) is 3.46. The predicted octanol–water partition coefficient (Wildman–Crippen LogP) is 3.52. The van der Waals surface area contributed by atoms with Gasteiger partial charge in [-0.25, -0.2) is 0 Å². The first-order valence-corrected chi connectivity index (χ1v) is 5.78. The van der Waals surface area contributed by atoms with Gasteiger partial charge in [-0.1, -0.05) is 0 Å². The molecule has 0 bridgehead atoms. The van der Waals surface area contributed by atoms with Crippen LogP contribution >= 0.6 is 15.9 Å². The number of anilines is 1. The Morgan fingerprint density at radius 1 is 1.18 bits per heavy atom. The Morgan fingerprint density at radius 3 is 2.47 bits per heavy atom. The first kappa shape index (κ1) is 11.7. The van der Waals surface area contributed by atoms with E-state index in [-0.39, 0.29) is 5.78 Å². The van der Waals surface area contributed by atoms with E-state index in [0.717, 1.165) is 0 Å². The zero-order chi connectivity index (χ0) is 12.3. The van der Waals surface area contributed by atoms with E-state index in [0.29, 0.717) is 21.7 Å². The molecule has 0 aliphatic rings. The van der Waals surface area contributed by atoms with Crippen LogP contribution in [0.25, 0.3) is 6.08 Å². The minimum atomic E-state index is -0.0856. The molecule has 0 aliphatic heterocycles. The molecule has 1 aromatic carbocycles. The number of hydrogen-bond donors (Lipinski definition) is 1. The van der Waals surface area contributed by atoms with Crippen LogP contribution in [0.2, 0.25) is 0 Å². The van der Waals surface area contributed by atoms with Crippen molar-refractivity contribution in [1.29, 1.82) is 0 Å². The fraction of sp³-hybridized carbons (Fsp3) is 0. The van der Waals surface area contributed by atoms with Crippen molar-refractivity contribution in [2.45, 2.75) is 0 Å². The quantitative estimate of drug-likeness (QED) is 0.535. The third kappa shape index (κ3) is 3.07. The molecule has 4 heteroatoms. The van der Waals surface area contributed by atoms with Gasteiger partial charge in [-0.2, -0.15) is 0 Å². The van der Waals surface area contributed by atoms with E-state index in [2.05, 4.69) is 15.9 Å². The summed E-state index contributed by atoms with van der Waals surface area (Å²) in [4.78, 5) is 11.8. The molecule has 0 atom stereocenters. The highest BCUT2D eigenvalue weighted by Crippen LogP contribution is 2.15. The lowest BCUT2D eigenvalue weighted by molar-refractivity contribution is 0.104. The lowest BCUT2D eigenvalue weighted by Crippen LogP contribution is -1.94. The summed E-state index contributed by atoms with van der Waals surface area (Å²) in [5.74, 6) is 0.540. The molecule has 1 aromatic heterocycles. The first-order chi connectivity index (χ1) is 8.15. The summed E-state index contributed by atoms with van der Waals surface area (Å²) in [6, 6.07) is 10.3. The summed E-state index contributed by atoms with van der Waals surface area (Å²) in [5.41, 5.74) is 6.78. The Kier molecular flexibility index (Phi) is 3.44. The van der Waals surface area contributed by atoms with Gasteiger partial charge in [0.2, 0.25) is 0 Å². The zero-order valence-electron chi connectivity index (χ0n) is 8.89.